The van der Waals surface area contributed by atoms with E-state index in [4.69, 9.17) is 5.26 Å². The lowest BCUT2D eigenvalue weighted by atomic mass is 10.0. The standard InChI is InChI=1S/C14H17BrN2/c1-10(2)14-4-3-7-17(14)12-6-5-11(9-16)13(15)8-12/h5-6,8,10,14H,3-4,7H2,1-2H3. The SMILES string of the molecule is CC(C)C1CCCN1c1ccc(C#N)c(Br)c1. The van der Waals surface area contributed by atoms with Gasteiger partial charge < -0.3 is 4.90 Å². The molecule has 1 aliphatic rings. The van der Waals surface area contributed by atoms with Crippen LogP contribution in [0.1, 0.15) is 32.3 Å². The summed E-state index contributed by atoms with van der Waals surface area (Å²) in [6, 6.07) is 8.84. The average molecular weight is 293 g/mol. The van der Waals surface area contributed by atoms with Crippen molar-refractivity contribution in [3.63, 3.8) is 0 Å². The summed E-state index contributed by atoms with van der Waals surface area (Å²) in [5.74, 6) is 0.673. The van der Waals surface area contributed by atoms with Crippen LogP contribution in [0, 0.1) is 17.2 Å². The molecule has 3 heteroatoms. The first kappa shape index (κ1) is 12.4. The molecule has 1 heterocycles. The van der Waals surface area contributed by atoms with Crippen molar-refractivity contribution in [1.82, 2.24) is 0 Å². The van der Waals surface area contributed by atoms with E-state index in [1.807, 2.05) is 6.07 Å². The van der Waals surface area contributed by atoms with Crippen LogP contribution in [-0.4, -0.2) is 12.6 Å². The molecular weight excluding hydrogens is 276 g/mol. The average Bonchev–Trinajstić information content (AvgIpc) is 2.77. The smallest absolute Gasteiger partial charge is 0.100 e. The molecular formula is C14H17BrN2. The summed E-state index contributed by atoms with van der Waals surface area (Å²) in [4.78, 5) is 2.47. The van der Waals surface area contributed by atoms with Crippen LogP contribution in [0.15, 0.2) is 22.7 Å². The number of hydrogen-bond donors (Lipinski definition) is 0. The van der Waals surface area contributed by atoms with Crippen LogP contribution in [0.5, 0.6) is 0 Å². The van der Waals surface area contributed by atoms with Gasteiger partial charge >= 0.3 is 0 Å². The number of anilines is 1. The van der Waals surface area contributed by atoms with Crippen molar-refractivity contribution in [3.8, 4) is 6.07 Å². The van der Waals surface area contributed by atoms with Crippen LogP contribution in [-0.2, 0) is 0 Å². The number of halogens is 1. The van der Waals surface area contributed by atoms with Crippen molar-refractivity contribution >= 4 is 21.6 Å². The van der Waals surface area contributed by atoms with Crippen LogP contribution in [0.4, 0.5) is 5.69 Å². The van der Waals surface area contributed by atoms with E-state index in [-0.39, 0.29) is 0 Å². The summed E-state index contributed by atoms with van der Waals surface area (Å²) in [5.41, 5.74) is 1.93. The molecule has 0 saturated carbocycles. The highest BCUT2D eigenvalue weighted by Crippen LogP contribution is 2.32. The van der Waals surface area contributed by atoms with Gasteiger partial charge in [0.15, 0.2) is 0 Å². The van der Waals surface area contributed by atoms with Crippen molar-refractivity contribution in [2.75, 3.05) is 11.4 Å². The predicted molar refractivity (Wildman–Crippen MR) is 74.1 cm³/mol. The van der Waals surface area contributed by atoms with Crippen LogP contribution >= 0.6 is 15.9 Å². The third kappa shape index (κ3) is 2.47. The largest absolute Gasteiger partial charge is 0.368 e. The zero-order valence-electron chi connectivity index (χ0n) is 10.3. The Morgan fingerprint density at radius 2 is 2.24 bits per heavy atom. The highest BCUT2D eigenvalue weighted by molar-refractivity contribution is 9.10. The molecule has 1 unspecified atom stereocenters. The van der Waals surface area contributed by atoms with E-state index in [9.17, 15) is 0 Å². The second-order valence-corrected chi connectivity index (χ2v) is 5.78. The highest BCUT2D eigenvalue weighted by Gasteiger charge is 2.27. The van der Waals surface area contributed by atoms with Gasteiger partial charge in [0.25, 0.3) is 0 Å². The van der Waals surface area contributed by atoms with Gasteiger partial charge in [0, 0.05) is 22.7 Å². The molecule has 2 rings (SSSR count). The third-order valence-corrected chi connectivity index (χ3v) is 4.13. The molecule has 1 aromatic carbocycles. The van der Waals surface area contributed by atoms with Crippen molar-refractivity contribution in [2.45, 2.75) is 32.7 Å². The summed E-state index contributed by atoms with van der Waals surface area (Å²) in [6.45, 7) is 5.69. The molecule has 90 valence electrons. The molecule has 1 atom stereocenters. The Kier molecular flexibility index (Phi) is 3.73. The molecule has 0 amide bonds. The maximum absolute atomic E-state index is 8.92. The van der Waals surface area contributed by atoms with Gasteiger partial charge in [-0.1, -0.05) is 13.8 Å². The number of hydrogen-bond acceptors (Lipinski definition) is 2. The maximum atomic E-state index is 8.92. The van der Waals surface area contributed by atoms with Crippen molar-refractivity contribution in [3.05, 3.63) is 28.2 Å². The highest BCUT2D eigenvalue weighted by atomic mass is 79.9. The van der Waals surface area contributed by atoms with E-state index in [2.05, 4.69) is 52.9 Å². The first-order valence-corrected chi connectivity index (χ1v) is 6.89. The number of nitrogens with zero attached hydrogens (tertiary/aromatic N) is 2. The fourth-order valence-electron chi connectivity index (χ4n) is 2.58. The first-order chi connectivity index (χ1) is 8.13. The molecule has 0 bridgehead atoms. The van der Waals surface area contributed by atoms with Crippen LogP contribution in [0.25, 0.3) is 0 Å². The molecule has 1 aromatic rings. The van der Waals surface area contributed by atoms with Crippen molar-refractivity contribution < 1.29 is 0 Å². The van der Waals surface area contributed by atoms with E-state index in [0.717, 1.165) is 11.0 Å². The Balaban J connectivity index is 2.28. The molecule has 1 fully saturated rings. The Hall–Kier alpha value is -1.01. The second kappa shape index (κ2) is 5.10. The Bertz CT molecular complexity index is 448. The lowest BCUT2D eigenvalue weighted by Gasteiger charge is -2.30. The van der Waals surface area contributed by atoms with E-state index in [1.165, 1.54) is 18.5 Å². The normalized spacial score (nSPS) is 19.7. The van der Waals surface area contributed by atoms with E-state index in [0.29, 0.717) is 17.5 Å². The Morgan fingerprint density at radius 1 is 1.47 bits per heavy atom. The number of benzene rings is 1. The zero-order chi connectivity index (χ0) is 12.4. The molecule has 0 aromatic heterocycles. The molecule has 1 saturated heterocycles. The summed E-state index contributed by atoms with van der Waals surface area (Å²) in [5, 5.41) is 8.92. The lowest BCUT2D eigenvalue weighted by molar-refractivity contribution is 0.492. The van der Waals surface area contributed by atoms with E-state index in [1.54, 1.807) is 0 Å². The summed E-state index contributed by atoms with van der Waals surface area (Å²) in [6.07, 6.45) is 2.54. The van der Waals surface area contributed by atoms with Gasteiger partial charge in [-0.05, 0) is 52.9 Å². The van der Waals surface area contributed by atoms with Gasteiger partial charge in [0.1, 0.15) is 6.07 Å². The van der Waals surface area contributed by atoms with E-state index >= 15 is 0 Å². The minimum Gasteiger partial charge on any atom is -0.368 e. The van der Waals surface area contributed by atoms with Gasteiger partial charge in [-0.2, -0.15) is 5.26 Å². The van der Waals surface area contributed by atoms with E-state index < -0.39 is 0 Å². The molecule has 0 radical (unpaired) electrons. The quantitative estimate of drug-likeness (QED) is 0.825. The second-order valence-electron chi connectivity index (χ2n) is 4.92. The fraction of sp³-hybridized carbons (Fsp3) is 0.500. The molecule has 0 aliphatic carbocycles. The Morgan fingerprint density at radius 3 is 2.82 bits per heavy atom. The van der Waals surface area contributed by atoms with Gasteiger partial charge in [0.05, 0.1) is 5.56 Å². The summed E-state index contributed by atoms with van der Waals surface area (Å²) < 4.78 is 0.895. The molecule has 0 N–H and O–H groups in total. The topological polar surface area (TPSA) is 27.0 Å². The van der Waals surface area contributed by atoms with Crippen molar-refractivity contribution in [1.29, 1.82) is 5.26 Å². The summed E-state index contributed by atoms with van der Waals surface area (Å²) in [7, 11) is 0. The minimum absolute atomic E-state index is 0.634. The predicted octanol–water partition coefficient (Wildman–Crippen LogP) is 3.95. The molecule has 2 nitrogen and oxygen atoms in total. The maximum Gasteiger partial charge on any atom is 0.100 e. The first-order valence-electron chi connectivity index (χ1n) is 6.09. The van der Waals surface area contributed by atoms with Crippen LogP contribution in [0.2, 0.25) is 0 Å². The molecule has 0 spiro atoms. The van der Waals surface area contributed by atoms with Gasteiger partial charge in [0.2, 0.25) is 0 Å². The van der Waals surface area contributed by atoms with Crippen molar-refractivity contribution in [2.24, 2.45) is 5.92 Å². The van der Waals surface area contributed by atoms with Gasteiger partial charge in [-0.15, -0.1) is 0 Å². The summed E-state index contributed by atoms with van der Waals surface area (Å²) >= 11 is 3.46. The number of nitriles is 1. The number of rotatable bonds is 2. The van der Waals surface area contributed by atoms with Crippen LogP contribution in [0.3, 0.4) is 0 Å². The van der Waals surface area contributed by atoms with Crippen LogP contribution < -0.4 is 4.90 Å². The van der Waals surface area contributed by atoms with Gasteiger partial charge in [-0.3, -0.25) is 0 Å². The molecule has 17 heavy (non-hydrogen) atoms. The van der Waals surface area contributed by atoms with Gasteiger partial charge in [-0.25, -0.2) is 0 Å². The third-order valence-electron chi connectivity index (χ3n) is 3.47. The molecule has 1 aliphatic heterocycles. The monoisotopic (exact) mass is 292 g/mol. The minimum atomic E-state index is 0.634. The lowest BCUT2D eigenvalue weighted by Crippen LogP contribution is -2.33. The Labute approximate surface area is 111 Å². The fourth-order valence-corrected chi connectivity index (χ4v) is 3.03. The zero-order valence-corrected chi connectivity index (χ0v) is 11.9.